The molecule has 1 heterocycles. The Labute approximate surface area is 111 Å². The molecule has 2 rings (SSSR count). The predicted molar refractivity (Wildman–Crippen MR) is 71.5 cm³/mol. The van der Waals surface area contributed by atoms with Crippen molar-refractivity contribution in [2.75, 3.05) is 0 Å². The van der Waals surface area contributed by atoms with E-state index in [-0.39, 0.29) is 0 Å². The van der Waals surface area contributed by atoms with Crippen LogP contribution < -0.4 is 0 Å². The van der Waals surface area contributed by atoms with E-state index in [4.69, 9.17) is 5.26 Å². The zero-order chi connectivity index (χ0) is 13.1. The van der Waals surface area contributed by atoms with Crippen molar-refractivity contribution >= 4 is 11.8 Å². The van der Waals surface area contributed by atoms with Crippen LogP contribution in [0.15, 0.2) is 34.3 Å². The molecular weight excluding hydrogens is 242 g/mol. The number of nitriles is 1. The normalized spacial score (nSPS) is 10.1. The van der Waals surface area contributed by atoms with E-state index in [9.17, 15) is 0 Å². The van der Waals surface area contributed by atoms with Crippen LogP contribution in [0.4, 0.5) is 0 Å². The SMILES string of the molecule is Cc1ccc(Sc2nc(C)cc(C#N)n2)c(C)c1. The summed E-state index contributed by atoms with van der Waals surface area (Å²) in [5.41, 5.74) is 3.66. The summed E-state index contributed by atoms with van der Waals surface area (Å²) in [6.07, 6.45) is 0. The smallest absolute Gasteiger partial charge is 0.193 e. The fourth-order valence-corrected chi connectivity index (χ4v) is 2.54. The quantitative estimate of drug-likeness (QED) is 0.771. The van der Waals surface area contributed by atoms with Crippen LogP contribution in [-0.2, 0) is 0 Å². The molecule has 0 N–H and O–H groups in total. The van der Waals surface area contributed by atoms with Crippen LogP contribution in [0.5, 0.6) is 0 Å². The van der Waals surface area contributed by atoms with Gasteiger partial charge in [0.1, 0.15) is 11.8 Å². The minimum atomic E-state index is 0.412. The van der Waals surface area contributed by atoms with Crippen LogP contribution in [0, 0.1) is 32.1 Å². The standard InChI is InChI=1S/C14H13N3S/c1-9-4-5-13(10(2)6-9)18-14-16-11(3)7-12(8-15)17-14/h4-7H,1-3H3. The van der Waals surface area contributed by atoms with E-state index >= 15 is 0 Å². The molecule has 1 aromatic carbocycles. The van der Waals surface area contributed by atoms with Crippen molar-refractivity contribution in [2.45, 2.75) is 30.8 Å². The molecule has 90 valence electrons. The highest BCUT2D eigenvalue weighted by molar-refractivity contribution is 7.99. The maximum atomic E-state index is 8.89. The second-order valence-corrected chi connectivity index (χ2v) is 5.17. The minimum Gasteiger partial charge on any atom is -0.228 e. The first-order chi connectivity index (χ1) is 8.58. The second kappa shape index (κ2) is 5.19. The van der Waals surface area contributed by atoms with Gasteiger partial charge in [-0.2, -0.15) is 5.26 Å². The van der Waals surface area contributed by atoms with Crippen molar-refractivity contribution in [3.8, 4) is 6.07 Å². The molecule has 0 amide bonds. The Balaban J connectivity index is 2.34. The van der Waals surface area contributed by atoms with Gasteiger partial charge in [-0.3, -0.25) is 0 Å². The lowest BCUT2D eigenvalue weighted by atomic mass is 10.2. The van der Waals surface area contributed by atoms with Gasteiger partial charge in [0, 0.05) is 10.6 Å². The van der Waals surface area contributed by atoms with Crippen molar-refractivity contribution in [1.82, 2.24) is 9.97 Å². The Bertz CT molecular complexity index is 629. The van der Waals surface area contributed by atoms with E-state index in [1.165, 1.54) is 22.9 Å². The average molecular weight is 255 g/mol. The van der Waals surface area contributed by atoms with E-state index in [1.807, 2.05) is 6.92 Å². The van der Waals surface area contributed by atoms with Crippen LogP contribution in [0.3, 0.4) is 0 Å². The highest BCUT2D eigenvalue weighted by Crippen LogP contribution is 2.28. The van der Waals surface area contributed by atoms with Crippen molar-refractivity contribution in [3.63, 3.8) is 0 Å². The van der Waals surface area contributed by atoms with Crippen molar-refractivity contribution in [2.24, 2.45) is 0 Å². The molecule has 4 heteroatoms. The van der Waals surface area contributed by atoms with Gasteiger partial charge in [0.2, 0.25) is 0 Å². The summed E-state index contributed by atoms with van der Waals surface area (Å²) >= 11 is 1.49. The molecule has 0 fully saturated rings. The minimum absolute atomic E-state index is 0.412. The molecule has 0 unspecified atom stereocenters. The first kappa shape index (κ1) is 12.6. The Morgan fingerprint density at radius 3 is 2.56 bits per heavy atom. The fraction of sp³-hybridized carbons (Fsp3) is 0.214. The molecule has 0 aliphatic carbocycles. The highest BCUT2D eigenvalue weighted by atomic mass is 32.2. The molecule has 1 aromatic heterocycles. The second-order valence-electron chi connectivity index (χ2n) is 4.16. The molecule has 0 bridgehead atoms. The number of aryl methyl sites for hydroxylation is 3. The topological polar surface area (TPSA) is 49.6 Å². The third-order valence-electron chi connectivity index (χ3n) is 2.48. The number of hydrogen-bond acceptors (Lipinski definition) is 4. The predicted octanol–water partition coefficient (Wildman–Crippen LogP) is 3.42. The van der Waals surface area contributed by atoms with Crippen molar-refractivity contribution < 1.29 is 0 Å². The van der Waals surface area contributed by atoms with Gasteiger partial charge in [-0.05, 0) is 50.2 Å². The Hall–Kier alpha value is -1.86. The molecule has 0 aliphatic heterocycles. The van der Waals surface area contributed by atoms with Gasteiger partial charge in [-0.1, -0.05) is 17.7 Å². The summed E-state index contributed by atoms with van der Waals surface area (Å²) in [6.45, 7) is 6.00. The third kappa shape index (κ3) is 2.88. The zero-order valence-electron chi connectivity index (χ0n) is 10.6. The molecule has 0 aliphatic rings. The molecule has 18 heavy (non-hydrogen) atoms. The van der Waals surface area contributed by atoms with Gasteiger partial charge in [0.15, 0.2) is 5.16 Å². The van der Waals surface area contributed by atoms with Crippen LogP contribution in [0.2, 0.25) is 0 Å². The maximum Gasteiger partial charge on any atom is 0.193 e. The molecule has 3 nitrogen and oxygen atoms in total. The van der Waals surface area contributed by atoms with Crippen LogP contribution in [-0.4, -0.2) is 9.97 Å². The first-order valence-corrected chi connectivity index (χ1v) is 6.41. The molecule has 0 saturated heterocycles. The number of hydrogen-bond donors (Lipinski definition) is 0. The Morgan fingerprint density at radius 1 is 1.11 bits per heavy atom. The highest BCUT2D eigenvalue weighted by Gasteiger charge is 2.06. The average Bonchev–Trinajstić information content (AvgIpc) is 2.32. The number of aromatic nitrogens is 2. The number of nitrogens with zero attached hydrogens (tertiary/aromatic N) is 3. The third-order valence-corrected chi connectivity index (χ3v) is 3.52. The molecular formula is C14H13N3S. The lowest BCUT2D eigenvalue weighted by Gasteiger charge is -2.06. The van der Waals surface area contributed by atoms with E-state index in [1.54, 1.807) is 6.07 Å². The lowest BCUT2D eigenvalue weighted by molar-refractivity contribution is 0.919. The van der Waals surface area contributed by atoms with E-state index < -0.39 is 0 Å². The largest absolute Gasteiger partial charge is 0.228 e. The van der Waals surface area contributed by atoms with Crippen LogP contribution in [0.1, 0.15) is 22.5 Å². The summed E-state index contributed by atoms with van der Waals surface area (Å²) in [5, 5.41) is 9.52. The summed E-state index contributed by atoms with van der Waals surface area (Å²) in [4.78, 5) is 9.66. The van der Waals surface area contributed by atoms with Gasteiger partial charge in [-0.15, -0.1) is 0 Å². The van der Waals surface area contributed by atoms with E-state index in [2.05, 4.69) is 48.1 Å². The van der Waals surface area contributed by atoms with Crippen molar-refractivity contribution in [1.29, 1.82) is 5.26 Å². The molecule has 0 spiro atoms. The summed E-state index contributed by atoms with van der Waals surface area (Å²) in [5.74, 6) is 0. The summed E-state index contributed by atoms with van der Waals surface area (Å²) in [6, 6.07) is 10.00. The zero-order valence-corrected chi connectivity index (χ0v) is 11.4. The van der Waals surface area contributed by atoms with Gasteiger partial charge in [0.25, 0.3) is 0 Å². The summed E-state index contributed by atoms with van der Waals surface area (Å²) < 4.78 is 0. The van der Waals surface area contributed by atoms with E-state index in [0.29, 0.717) is 10.9 Å². The van der Waals surface area contributed by atoms with Gasteiger partial charge < -0.3 is 0 Å². The molecule has 0 radical (unpaired) electrons. The maximum absolute atomic E-state index is 8.89. The first-order valence-electron chi connectivity index (χ1n) is 5.59. The summed E-state index contributed by atoms with van der Waals surface area (Å²) in [7, 11) is 0. The Kier molecular flexibility index (Phi) is 3.63. The number of benzene rings is 1. The fourth-order valence-electron chi connectivity index (χ4n) is 1.66. The van der Waals surface area contributed by atoms with Crippen LogP contribution in [0.25, 0.3) is 0 Å². The van der Waals surface area contributed by atoms with Gasteiger partial charge in [0.05, 0.1) is 0 Å². The van der Waals surface area contributed by atoms with Gasteiger partial charge >= 0.3 is 0 Å². The van der Waals surface area contributed by atoms with Crippen LogP contribution >= 0.6 is 11.8 Å². The van der Waals surface area contributed by atoms with Crippen molar-refractivity contribution in [3.05, 3.63) is 46.8 Å². The molecule has 0 saturated carbocycles. The monoisotopic (exact) mass is 255 g/mol. The molecule has 2 aromatic rings. The van der Waals surface area contributed by atoms with E-state index in [0.717, 1.165) is 10.6 Å². The lowest BCUT2D eigenvalue weighted by Crippen LogP contribution is -1.94. The Morgan fingerprint density at radius 2 is 1.89 bits per heavy atom. The van der Waals surface area contributed by atoms with Gasteiger partial charge in [-0.25, -0.2) is 9.97 Å². The number of rotatable bonds is 2. The molecule has 0 atom stereocenters.